The van der Waals surface area contributed by atoms with Crippen LogP contribution >= 0.6 is 11.6 Å². The SMILES string of the molecule is CN1CCN(CC#Cc2c(OCc3ccc(Cl)nc3)ccc(-c3cc(C(F)(F)F)nn3C)c2O)CC1. The highest BCUT2D eigenvalue weighted by molar-refractivity contribution is 6.29. The summed E-state index contributed by atoms with van der Waals surface area (Å²) >= 11 is 5.83. The van der Waals surface area contributed by atoms with Gasteiger partial charge in [0.25, 0.3) is 0 Å². The number of aromatic hydroxyl groups is 1. The van der Waals surface area contributed by atoms with Crippen molar-refractivity contribution in [1.82, 2.24) is 24.6 Å². The van der Waals surface area contributed by atoms with Gasteiger partial charge in [-0.3, -0.25) is 9.58 Å². The lowest BCUT2D eigenvalue weighted by atomic mass is 10.0. The Morgan fingerprint density at radius 1 is 1.11 bits per heavy atom. The smallest absolute Gasteiger partial charge is 0.435 e. The van der Waals surface area contributed by atoms with E-state index in [2.05, 4.69) is 38.8 Å². The number of phenols is 1. The normalized spacial score (nSPS) is 14.9. The number of aryl methyl sites for hydroxylation is 1. The summed E-state index contributed by atoms with van der Waals surface area (Å²) in [6.07, 6.45) is -3.03. The van der Waals surface area contributed by atoms with E-state index in [0.717, 1.165) is 42.5 Å². The highest BCUT2D eigenvalue weighted by Gasteiger charge is 2.35. The van der Waals surface area contributed by atoms with Gasteiger partial charge in [0.15, 0.2) is 5.69 Å². The summed E-state index contributed by atoms with van der Waals surface area (Å²) in [6, 6.07) is 7.37. The van der Waals surface area contributed by atoms with Gasteiger partial charge < -0.3 is 14.7 Å². The van der Waals surface area contributed by atoms with Crippen LogP contribution in [0.15, 0.2) is 36.5 Å². The lowest BCUT2D eigenvalue weighted by Gasteiger charge is -2.30. The van der Waals surface area contributed by atoms with E-state index in [1.54, 1.807) is 24.4 Å². The van der Waals surface area contributed by atoms with Crippen molar-refractivity contribution in [2.75, 3.05) is 39.8 Å². The maximum atomic E-state index is 13.2. The molecule has 0 unspecified atom stereocenters. The number of piperazine rings is 1. The fourth-order valence-electron chi connectivity index (χ4n) is 3.78. The van der Waals surface area contributed by atoms with Gasteiger partial charge in [0.05, 0.1) is 12.2 Å². The van der Waals surface area contributed by atoms with E-state index < -0.39 is 11.9 Å². The van der Waals surface area contributed by atoms with Crippen LogP contribution in [0.25, 0.3) is 11.3 Å². The highest BCUT2D eigenvalue weighted by atomic mass is 35.5. The molecule has 0 bridgehead atoms. The predicted molar refractivity (Wildman–Crippen MR) is 130 cm³/mol. The topological polar surface area (TPSA) is 66.7 Å². The van der Waals surface area contributed by atoms with Crippen LogP contribution in [-0.2, 0) is 19.8 Å². The minimum Gasteiger partial charge on any atom is -0.506 e. The molecule has 1 aliphatic rings. The van der Waals surface area contributed by atoms with Crippen LogP contribution < -0.4 is 4.74 Å². The minimum atomic E-state index is -4.60. The molecule has 0 spiro atoms. The molecule has 0 aliphatic carbocycles. The van der Waals surface area contributed by atoms with Gasteiger partial charge in [-0.05, 0) is 31.3 Å². The average Bonchev–Trinajstić information content (AvgIpc) is 3.23. The summed E-state index contributed by atoms with van der Waals surface area (Å²) in [5, 5.41) is 15.0. The quantitative estimate of drug-likeness (QED) is 0.405. The summed E-state index contributed by atoms with van der Waals surface area (Å²) < 4.78 is 46.6. The molecule has 3 aromatic rings. The average molecular weight is 520 g/mol. The third-order valence-corrected chi connectivity index (χ3v) is 6.10. The van der Waals surface area contributed by atoms with Gasteiger partial charge in [0.2, 0.25) is 0 Å². The molecule has 190 valence electrons. The Labute approximate surface area is 212 Å². The molecule has 4 rings (SSSR count). The molecule has 1 N–H and O–H groups in total. The zero-order valence-corrected chi connectivity index (χ0v) is 20.6. The van der Waals surface area contributed by atoms with Gasteiger partial charge in [-0.2, -0.15) is 18.3 Å². The molecule has 11 heteroatoms. The van der Waals surface area contributed by atoms with Crippen LogP contribution in [0.1, 0.15) is 16.8 Å². The number of alkyl halides is 3. The van der Waals surface area contributed by atoms with E-state index in [-0.39, 0.29) is 29.2 Å². The van der Waals surface area contributed by atoms with Crippen molar-refractivity contribution in [3.63, 3.8) is 0 Å². The summed E-state index contributed by atoms with van der Waals surface area (Å²) in [5.74, 6) is 6.09. The fourth-order valence-corrected chi connectivity index (χ4v) is 3.89. The first kappa shape index (κ1) is 25.8. The fraction of sp³-hybridized carbons (Fsp3) is 0.360. The van der Waals surface area contributed by atoms with E-state index in [4.69, 9.17) is 16.3 Å². The molecule has 1 aromatic carbocycles. The molecule has 3 heterocycles. The Kier molecular flexibility index (Phi) is 7.73. The monoisotopic (exact) mass is 519 g/mol. The third kappa shape index (κ3) is 6.10. The largest absolute Gasteiger partial charge is 0.506 e. The number of likely N-dealkylation sites (N-methyl/N-ethyl adjacent to an activating group) is 1. The molecule has 2 aromatic heterocycles. The highest BCUT2D eigenvalue weighted by Crippen LogP contribution is 2.39. The first-order valence-corrected chi connectivity index (χ1v) is 11.6. The predicted octanol–water partition coefficient (Wildman–Crippen LogP) is 4.04. The second-order valence-electron chi connectivity index (χ2n) is 8.53. The minimum absolute atomic E-state index is 0.107. The molecule has 1 saturated heterocycles. The van der Waals surface area contributed by atoms with Crippen molar-refractivity contribution < 1.29 is 23.0 Å². The Morgan fingerprint density at radius 2 is 1.86 bits per heavy atom. The summed E-state index contributed by atoms with van der Waals surface area (Å²) in [4.78, 5) is 8.46. The van der Waals surface area contributed by atoms with E-state index >= 15 is 0 Å². The van der Waals surface area contributed by atoms with Crippen molar-refractivity contribution in [3.05, 3.63) is 58.5 Å². The van der Waals surface area contributed by atoms with Gasteiger partial charge in [0, 0.05) is 50.6 Å². The number of halogens is 4. The van der Waals surface area contributed by atoms with Crippen LogP contribution in [0.3, 0.4) is 0 Å². The lowest BCUT2D eigenvalue weighted by molar-refractivity contribution is -0.141. The van der Waals surface area contributed by atoms with Crippen LogP contribution in [0.2, 0.25) is 5.15 Å². The van der Waals surface area contributed by atoms with Crippen LogP contribution in [-0.4, -0.2) is 69.4 Å². The molecule has 36 heavy (non-hydrogen) atoms. The molecular formula is C25H25ClF3N5O2. The molecule has 0 atom stereocenters. The molecule has 0 saturated carbocycles. The van der Waals surface area contributed by atoms with Gasteiger partial charge in [-0.25, -0.2) is 4.98 Å². The Bertz CT molecular complexity index is 1270. The standard InChI is InChI=1S/C25H25ClF3N5O2/c1-32-10-12-34(13-11-32)9-3-4-19-21(36-16-17-5-8-23(26)30-15-17)7-6-18(24(19)35)20-14-22(25(27,28)29)31-33(20)2/h5-8,14-15,35H,9-13,16H2,1-2H3. The van der Waals surface area contributed by atoms with Gasteiger partial charge in [-0.1, -0.05) is 29.5 Å². The third-order valence-electron chi connectivity index (χ3n) is 5.88. The molecular weight excluding hydrogens is 495 g/mol. The van der Waals surface area contributed by atoms with Crippen molar-refractivity contribution in [3.8, 4) is 34.6 Å². The summed E-state index contributed by atoms with van der Waals surface area (Å²) in [7, 11) is 3.45. The number of rotatable bonds is 5. The Morgan fingerprint density at radius 3 is 2.50 bits per heavy atom. The lowest BCUT2D eigenvalue weighted by Crippen LogP contribution is -2.44. The Hall–Kier alpha value is -3.26. The zero-order chi connectivity index (χ0) is 25.9. The molecule has 0 amide bonds. The number of hydrogen-bond acceptors (Lipinski definition) is 6. The first-order valence-electron chi connectivity index (χ1n) is 11.2. The van der Waals surface area contributed by atoms with E-state index in [9.17, 15) is 18.3 Å². The van der Waals surface area contributed by atoms with E-state index in [0.29, 0.717) is 17.4 Å². The second-order valence-corrected chi connectivity index (χ2v) is 8.92. The Balaban J connectivity index is 1.66. The zero-order valence-electron chi connectivity index (χ0n) is 19.8. The number of pyridine rings is 1. The number of phenolic OH excluding ortho intramolecular Hbond substituents is 1. The maximum absolute atomic E-state index is 13.2. The number of aromatic nitrogens is 3. The number of nitrogens with zero attached hydrogens (tertiary/aromatic N) is 5. The van der Waals surface area contributed by atoms with Crippen molar-refractivity contribution >= 4 is 11.6 Å². The van der Waals surface area contributed by atoms with Crippen molar-refractivity contribution in [1.29, 1.82) is 0 Å². The summed E-state index contributed by atoms with van der Waals surface area (Å²) in [5.41, 5.74) is 0.178. The van der Waals surface area contributed by atoms with Crippen LogP contribution in [0.5, 0.6) is 11.5 Å². The second kappa shape index (κ2) is 10.8. The maximum Gasteiger partial charge on any atom is 0.435 e. The number of hydrogen-bond donors (Lipinski definition) is 1. The van der Waals surface area contributed by atoms with E-state index in [1.807, 2.05) is 0 Å². The van der Waals surface area contributed by atoms with Crippen LogP contribution in [0, 0.1) is 11.8 Å². The number of ether oxygens (including phenoxy) is 1. The first-order chi connectivity index (χ1) is 17.1. The van der Waals surface area contributed by atoms with Gasteiger partial charge in [0.1, 0.15) is 28.8 Å². The molecule has 0 radical (unpaired) electrons. The summed E-state index contributed by atoms with van der Waals surface area (Å²) in [6.45, 7) is 4.25. The van der Waals surface area contributed by atoms with Crippen molar-refractivity contribution in [2.24, 2.45) is 7.05 Å². The molecule has 1 aliphatic heterocycles. The van der Waals surface area contributed by atoms with E-state index in [1.165, 1.54) is 13.1 Å². The van der Waals surface area contributed by atoms with Crippen molar-refractivity contribution in [2.45, 2.75) is 12.8 Å². The van der Waals surface area contributed by atoms with Crippen LogP contribution in [0.4, 0.5) is 13.2 Å². The molecule has 7 nitrogen and oxygen atoms in total. The van der Waals surface area contributed by atoms with Gasteiger partial charge >= 0.3 is 6.18 Å². The van der Waals surface area contributed by atoms with Gasteiger partial charge in [-0.15, -0.1) is 0 Å². The number of benzene rings is 1. The molecule has 1 fully saturated rings.